The molecule has 0 saturated heterocycles. The summed E-state index contributed by atoms with van der Waals surface area (Å²) in [6.07, 6.45) is 2.70. The van der Waals surface area contributed by atoms with Crippen molar-refractivity contribution in [2.45, 2.75) is 38.8 Å². The van der Waals surface area contributed by atoms with Crippen LogP contribution in [0.25, 0.3) is 0 Å². The molecule has 0 aromatic heterocycles. The van der Waals surface area contributed by atoms with Gasteiger partial charge in [-0.2, -0.15) is 0 Å². The minimum Gasteiger partial charge on any atom is -0.372 e. The van der Waals surface area contributed by atoms with Crippen LogP contribution in [0.5, 0.6) is 0 Å². The van der Waals surface area contributed by atoms with Gasteiger partial charge in [0.1, 0.15) is 0 Å². The molecular weight excluding hydrogens is 246 g/mol. The molecule has 0 heterocycles. The Morgan fingerprint density at radius 2 is 2.17 bits per heavy atom. The molecule has 1 aromatic rings. The van der Waals surface area contributed by atoms with Gasteiger partial charge in [0.2, 0.25) is 0 Å². The third-order valence-electron chi connectivity index (χ3n) is 3.02. The van der Waals surface area contributed by atoms with Gasteiger partial charge < -0.3 is 10.1 Å². The van der Waals surface area contributed by atoms with Crippen LogP contribution in [0, 0.1) is 5.92 Å². The summed E-state index contributed by atoms with van der Waals surface area (Å²) in [7, 11) is 0. The van der Waals surface area contributed by atoms with Crippen LogP contribution in [0.15, 0.2) is 24.3 Å². The van der Waals surface area contributed by atoms with E-state index in [0.29, 0.717) is 12.0 Å². The molecule has 0 amide bonds. The first kappa shape index (κ1) is 13.9. The molecule has 1 N–H and O–H groups in total. The topological polar surface area (TPSA) is 21.3 Å². The number of hydrogen-bond donors (Lipinski definition) is 1. The predicted octanol–water partition coefficient (Wildman–Crippen LogP) is 3.81. The second kappa shape index (κ2) is 6.55. The van der Waals surface area contributed by atoms with E-state index in [9.17, 15) is 0 Å². The van der Waals surface area contributed by atoms with Crippen molar-refractivity contribution in [1.82, 2.24) is 5.32 Å². The molecule has 1 aliphatic carbocycles. The first-order valence-electron chi connectivity index (χ1n) is 6.75. The van der Waals surface area contributed by atoms with Crippen molar-refractivity contribution < 1.29 is 4.74 Å². The fraction of sp³-hybridized carbons (Fsp3) is 0.600. The van der Waals surface area contributed by atoms with E-state index >= 15 is 0 Å². The van der Waals surface area contributed by atoms with Gasteiger partial charge in [0.05, 0.1) is 6.10 Å². The summed E-state index contributed by atoms with van der Waals surface area (Å²) in [5.41, 5.74) is 1.16. The SMILES string of the molecule is CC(C)COC(CNC1CC1)c1cccc(Cl)c1. The molecular formula is C15H22ClNO. The molecule has 1 atom stereocenters. The van der Waals surface area contributed by atoms with E-state index in [2.05, 4.69) is 25.2 Å². The molecule has 1 aromatic carbocycles. The molecule has 100 valence electrons. The van der Waals surface area contributed by atoms with Crippen LogP contribution in [-0.4, -0.2) is 19.2 Å². The van der Waals surface area contributed by atoms with Gasteiger partial charge in [-0.3, -0.25) is 0 Å². The van der Waals surface area contributed by atoms with Crippen LogP contribution in [0.1, 0.15) is 38.4 Å². The van der Waals surface area contributed by atoms with Crippen molar-refractivity contribution in [2.24, 2.45) is 5.92 Å². The highest BCUT2D eigenvalue weighted by Gasteiger charge is 2.23. The standard InChI is InChI=1S/C15H22ClNO/c1-11(2)10-18-15(9-17-14-6-7-14)12-4-3-5-13(16)8-12/h3-5,8,11,14-15,17H,6-7,9-10H2,1-2H3. The van der Waals surface area contributed by atoms with E-state index < -0.39 is 0 Å². The molecule has 0 spiro atoms. The summed E-state index contributed by atoms with van der Waals surface area (Å²) in [6.45, 7) is 5.99. The highest BCUT2D eigenvalue weighted by atomic mass is 35.5. The lowest BCUT2D eigenvalue weighted by Crippen LogP contribution is -2.26. The third kappa shape index (κ3) is 4.60. The van der Waals surface area contributed by atoms with Gasteiger partial charge in [0, 0.05) is 24.2 Å². The van der Waals surface area contributed by atoms with Gasteiger partial charge in [-0.25, -0.2) is 0 Å². The highest BCUT2D eigenvalue weighted by molar-refractivity contribution is 6.30. The maximum absolute atomic E-state index is 6.05. The van der Waals surface area contributed by atoms with Crippen molar-refractivity contribution >= 4 is 11.6 Å². The number of nitrogens with one attached hydrogen (secondary N) is 1. The van der Waals surface area contributed by atoms with Crippen LogP contribution in [0.3, 0.4) is 0 Å². The Labute approximate surface area is 115 Å². The zero-order valence-electron chi connectivity index (χ0n) is 11.2. The molecule has 2 rings (SSSR count). The lowest BCUT2D eigenvalue weighted by Gasteiger charge is -2.20. The Hall–Kier alpha value is -0.570. The Balaban J connectivity index is 1.96. The number of ether oxygens (including phenoxy) is 1. The van der Waals surface area contributed by atoms with Crippen LogP contribution < -0.4 is 5.32 Å². The molecule has 1 fully saturated rings. The molecule has 18 heavy (non-hydrogen) atoms. The Kier molecular flexibility index (Phi) is 5.04. The first-order chi connectivity index (χ1) is 8.65. The summed E-state index contributed by atoms with van der Waals surface area (Å²) in [6, 6.07) is 8.68. The minimum atomic E-state index is 0.103. The zero-order valence-corrected chi connectivity index (χ0v) is 11.9. The molecule has 3 heteroatoms. The molecule has 0 radical (unpaired) electrons. The number of rotatable bonds is 7. The molecule has 1 aliphatic rings. The maximum atomic E-state index is 6.05. The lowest BCUT2D eigenvalue weighted by molar-refractivity contribution is 0.0349. The predicted molar refractivity (Wildman–Crippen MR) is 76.0 cm³/mol. The summed E-state index contributed by atoms with van der Waals surface area (Å²) < 4.78 is 6.00. The van der Waals surface area contributed by atoms with Gasteiger partial charge >= 0.3 is 0 Å². The van der Waals surface area contributed by atoms with Crippen molar-refractivity contribution in [3.8, 4) is 0 Å². The lowest BCUT2D eigenvalue weighted by atomic mass is 10.1. The number of hydrogen-bond acceptors (Lipinski definition) is 2. The average Bonchev–Trinajstić information content (AvgIpc) is 3.12. The minimum absolute atomic E-state index is 0.103. The Morgan fingerprint density at radius 3 is 2.78 bits per heavy atom. The summed E-state index contributed by atoms with van der Waals surface area (Å²) >= 11 is 6.05. The van der Waals surface area contributed by atoms with Crippen LogP contribution in [-0.2, 0) is 4.74 Å². The first-order valence-corrected chi connectivity index (χ1v) is 7.13. The fourth-order valence-electron chi connectivity index (χ4n) is 1.85. The highest BCUT2D eigenvalue weighted by Crippen LogP contribution is 2.24. The normalized spacial score (nSPS) is 17.1. The van der Waals surface area contributed by atoms with Gasteiger partial charge in [-0.1, -0.05) is 37.6 Å². The Morgan fingerprint density at radius 1 is 1.39 bits per heavy atom. The second-order valence-corrected chi connectivity index (χ2v) is 5.89. The van der Waals surface area contributed by atoms with Gasteiger partial charge in [-0.05, 0) is 36.5 Å². The summed E-state index contributed by atoms with van der Waals surface area (Å²) in [4.78, 5) is 0. The maximum Gasteiger partial charge on any atom is 0.0949 e. The summed E-state index contributed by atoms with van der Waals surface area (Å²) in [5.74, 6) is 0.549. The van der Waals surface area contributed by atoms with Gasteiger partial charge in [-0.15, -0.1) is 0 Å². The van der Waals surface area contributed by atoms with Crippen LogP contribution in [0.2, 0.25) is 5.02 Å². The quantitative estimate of drug-likeness (QED) is 0.811. The van der Waals surface area contributed by atoms with Crippen molar-refractivity contribution in [2.75, 3.05) is 13.2 Å². The fourth-order valence-corrected chi connectivity index (χ4v) is 2.05. The van der Waals surface area contributed by atoms with E-state index in [4.69, 9.17) is 16.3 Å². The Bertz CT molecular complexity index is 371. The zero-order chi connectivity index (χ0) is 13.0. The van der Waals surface area contributed by atoms with E-state index in [0.717, 1.165) is 23.7 Å². The molecule has 0 bridgehead atoms. The molecule has 0 aliphatic heterocycles. The van der Waals surface area contributed by atoms with Gasteiger partial charge in [0.15, 0.2) is 0 Å². The molecule has 1 unspecified atom stereocenters. The van der Waals surface area contributed by atoms with Crippen molar-refractivity contribution in [3.63, 3.8) is 0 Å². The number of benzene rings is 1. The number of halogens is 1. The van der Waals surface area contributed by atoms with E-state index in [1.807, 2.05) is 18.2 Å². The van der Waals surface area contributed by atoms with Gasteiger partial charge in [0.25, 0.3) is 0 Å². The molecule has 1 saturated carbocycles. The summed E-state index contributed by atoms with van der Waals surface area (Å²) in [5, 5.41) is 4.31. The smallest absolute Gasteiger partial charge is 0.0949 e. The van der Waals surface area contributed by atoms with Crippen LogP contribution >= 0.6 is 11.6 Å². The van der Waals surface area contributed by atoms with E-state index in [1.54, 1.807) is 0 Å². The van der Waals surface area contributed by atoms with E-state index in [-0.39, 0.29) is 6.10 Å². The third-order valence-corrected chi connectivity index (χ3v) is 3.26. The van der Waals surface area contributed by atoms with Crippen molar-refractivity contribution in [1.29, 1.82) is 0 Å². The molecule has 2 nitrogen and oxygen atoms in total. The van der Waals surface area contributed by atoms with Crippen LogP contribution in [0.4, 0.5) is 0 Å². The van der Waals surface area contributed by atoms with Crippen molar-refractivity contribution in [3.05, 3.63) is 34.9 Å². The second-order valence-electron chi connectivity index (χ2n) is 5.45. The largest absolute Gasteiger partial charge is 0.372 e. The monoisotopic (exact) mass is 267 g/mol. The average molecular weight is 268 g/mol. The van der Waals surface area contributed by atoms with E-state index in [1.165, 1.54) is 12.8 Å².